The predicted molar refractivity (Wildman–Crippen MR) is 99.4 cm³/mol. The van der Waals surface area contributed by atoms with Crippen molar-refractivity contribution in [3.8, 4) is 5.75 Å². The number of anilines is 1. The normalized spacial score (nSPS) is 10.3. The van der Waals surface area contributed by atoms with Gasteiger partial charge in [-0.1, -0.05) is 36.4 Å². The Morgan fingerprint density at radius 2 is 1.59 bits per heavy atom. The number of carbonyl (C=O) groups is 1. The number of nitrogens with one attached hydrogen (secondary N) is 2. The number of carbonyl (C=O) groups excluding carboxylic acids is 1. The summed E-state index contributed by atoms with van der Waals surface area (Å²) in [6.45, 7) is 0.545. The average Bonchev–Trinajstić information content (AvgIpc) is 2.69. The number of urea groups is 1. The highest BCUT2D eigenvalue weighted by Crippen LogP contribution is 2.17. The van der Waals surface area contributed by atoms with Crippen LogP contribution in [0, 0.1) is 11.6 Å². The van der Waals surface area contributed by atoms with Crippen LogP contribution in [0.4, 0.5) is 19.3 Å². The molecule has 0 saturated heterocycles. The molecule has 6 heteroatoms. The van der Waals surface area contributed by atoms with Gasteiger partial charge in [0.15, 0.2) is 11.6 Å². The third kappa shape index (κ3) is 5.54. The van der Waals surface area contributed by atoms with Crippen LogP contribution in [-0.4, -0.2) is 6.03 Å². The minimum atomic E-state index is -0.944. The zero-order chi connectivity index (χ0) is 19.1. The first-order valence-corrected chi connectivity index (χ1v) is 8.36. The van der Waals surface area contributed by atoms with Crippen molar-refractivity contribution in [3.05, 3.63) is 95.6 Å². The van der Waals surface area contributed by atoms with Crippen LogP contribution in [0.2, 0.25) is 0 Å². The topological polar surface area (TPSA) is 50.4 Å². The number of amides is 2. The minimum absolute atomic E-state index is 0.0846. The molecule has 3 rings (SSSR count). The van der Waals surface area contributed by atoms with Crippen molar-refractivity contribution in [3.63, 3.8) is 0 Å². The quantitative estimate of drug-likeness (QED) is 0.652. The molecule has 2 N–H and O–H groups in total. The van der Waals surface area contributed by atoms with Gasteiger partial charge in [-0.05, 0) is 47.5 Å². The molecule has 0 radical (unpaired) electrons. The van der Waals surface area contributed by atoms with Crippen LogP contribution in [0.1, 0.15) is 11.1 Å². The van der Waals surface area contributed by atoms with Gasteiger partial charge in [-0.15, -0.1) is 0 Å². The largest absolute Gasteiger partial charge is 0.489 e. The smallest absolute Gasteiger partial charge is 0.319 e. The number of hydrogen-bond donors (Lipinski definition) is 2. The van der Waals surface area contributed by atoms with Gasteiger partial charge in [0.05, 0.1) is 0 Å². The van der Waals surface area contributed by atoms with Gasteiger partial charge < -0.3 is 15.4 Å². The van der Waals surface area contributed by atoms with Gasteiger partial charge in [-0.2, -0.15) is 0 Å². The van der Waals surface area contributed by atoms with Crippen LogP contribution in [0.5, 0.6) is 5.75 Å². The summed E-state index contributed by atoms with van der Waals surface area (Å²) in [6, 6.07) is 19.8. The van der Waals surface area contributed by atoms with Crippen molar-refractivity contribution in [2.24, 2.45) is 0 Å². The Labute approximate surface area is 155 Å². The molecule has 138 valence electrons. The highest BCUT2D eigenvalue weighted by Gasteiger charge is 2.05. The van der Waals surface area contributed by atoms with E-state index in [1.165, 1.54) is 6.07 Å². The van der Waals surface area contributed by atoms with Gasteiger partial charge in [0.25, 0.3) is 0 Å². The maximum Gasteiger partial charge on any atom is 0.319 e. The molecule has 0 heterocycles. The third-order valence-electron chi connectivity index (χ3n) is 3.80. The number of halogens is 2. The molecule has 3 aromatic carbocycles. The molecule has 0 spiro atoms. The van der Waals surface area contributed by atoms with E-state index in [-0.39, 0.29) is 6.54 Å². The van der Waals surface area contributed by atoms with E-state index >= 15 is 0 Å². The van der Waals surface area contributed by atoms with E-state index in [4.69, 9.17) is 4.74 Å². The molecule has 0 atom stereocenters. The van der Waals surface area contributed by atoms with Crippen molar-refractivity contribution in [1.82, 2.24) is 5.32 Å². The highest BCUT2D eigenvalue weighted by atomic mass is 19.2. The van der Waals surface area contributed by atoms with Crippen LogP contribution in [0.3, 0.4) is 0 Å². The van der Waals surface area contributed by atoms with Gasteiger partial charge in [0, 0.05) is 12.2 Å². The van der Waals surface area contributed by atoms with E-state index in [1.54, 1.807) is 24.3 Å². The second-order valence-electron chi connectivity index (χ2n) is 5.85. The van der Waals surface area contributed by atoms with Crippen LogP contribution in [0.15, 0.2) is 72.8 Å². The minimum Gasteiger partial charge on any atom is -0.489 e. The van der Waals surface area contributed by atoms with Crippen LogP contribution in [0.25, 0.3) is 0 Å². The molecule has 3 aromatic rings. The van der Waals surface area contributed by atoms with Crippen LogP contribution < -0.4 is 15.4 Å². The van der Waals surface area contributed by atoms with Gasteiger partial charge in [0.1, 0.15) is 12.4 Å². The molecule has 0 saturated carbocycles. The van der Waals surface area contributed by atoms with Crippen molar-refractivity contribution >= 4 is 11.7 Å². The van der Waals surface area contributed by atoms with Crippen molar-refractivity contribution in [1.29, 1.82) is 0 Å². The molecule has 2 amide bonds. The van der Waals surface area contributed by atoms with Gasteiger partial charge in [-0.25, -0.2) is 13.6 Å². The Morgan fingerprint density at radius 3 is 2.30 bits per heavy atom. The van der Waals surface area contributed by atoms with E-state index in [0.717, 1.165) is 17.7 Å². The summed E-state index contributed by atoms with van der Waals surface area (Å²) in [7, 11) is 0. The van der Waals surface area contributed by atoms with Crippen molar-refractivity contribution in [2.75, 3.05) is 5.32 Å². The van der Waals surface area contributed by atoms with Gasteiger partial charge >= 0.3 is 6.03 Å². The lowest BCUT2D eigenvalue weighted by molar-refractivity contribution is 0.251. The number of hydrogen-bond acceptors (Lipinski definition) is 2. The molecule has 4 nitrogen and oxygen atoms in total. The zero-order valence-electron chi connectivity index (χ0n) is 14.4. The lowest BCUT2D eigenvalue weighted by Crippen LogP contribution is -2.28. The maximum atomic E-state index is 13.1. The molecule has 0 unspecified atom stereocenters. The highest BCUT2D eigenvalue weighted by molar-refractivity contribution is 5.89. The molecule has 0 aliphatic heterocycles. The first-order valence-electron chi connectivity index (χ1n) is 8.36. The summed E-state index contributed by atoms with van der Waals surface area (Å²) in [5, 5.41) is 5.25. The second-order valence-corrected chi connectivity index (χ2v) is 5.85. The summed E-state index contributed by atoms with van der Waals surface area (Å²) >= 11 is 0. The van der Waals surface area contributed by atoms with Crippen LogP contribution >= 0.6 is 0 Å². The molecule has 27 heavy (non-hydrogen) atoms. The molecule has 0 fully saturated rings. The fraction of sp³-hybridized carbons (Fsp3) is 0.0952. The Hall–Kier alpha value is -3.41. The summed E-state index contributed by atoms with van der Waals surface area (Å²) in [5.41, 5.74) is 2.12. The Morgan fingerprint density at radius 1 is 0.852 bits per heavy atom. The second kappa shape index (κ2) is 8.80. The molecule has 0 aliphatic rings. The van der Waals surface area contributed by atoms with E-state index in [2.05, 4.69) is 10.6 Å². The zero-order valence-corrected chi connectivity index (χ0v) is 14.4. The first kappa shape index (κ1) is 18.4. The van der Waals surface area contributed by atoms with Crippen molar-refractivity contribution in [2.45, 2.75) is 13.2 Å². The summed E-state index contributed by atoms with van der Waals surface area (Å²) < 4.78 is 31.7. The molecule has 0 aliphatic carbocycles. The van der Waals surface area contributed by atoms with E-state index < -0.39 is 17.7 Å². The molecular formula is C21H18F2N2O2. The Bertz CT molecular complexity index is 900. The summed E-state index contributed by atoms with van der Waals surface area (Å²) in [5.74, 6) is -1.18. The number of benzene rings is 3. The SMILES string of the molecule is O=C(NCc1ccc(F)c(F)c1)Nc1ccc(OCc2ccccc2)cc1. The van der Waals surface area contributed by atoms with Gasteiger partial charge in [-0.3, -0.25) is 0 Å². The van der Waals surface area contributed by atoms with Crippen molar-refractivity contribution < 1.29 is 18.3 Å². The summed E-state index contributed by atoms with van der Waals surface area (Å²) in [6.07, 6.45) is 0. The fourth-order valence-electron chi connectivity index (χ4n) is 2.38. The standard InChI is InChI=1S/C21H18F2N2O2/c22-19-11-6-16(12-20(19)23)13-24-21(26)25-17-7-9-18(10-8-17)27-14-15-4-2-1-3-5-15/h1-12H,13-14H2,(H2,24,25,26). The number of rotatable bonds is 6. The Kier molecular flexibility index (Phi) is 5.99. The lowest BCUT2D eigenvalue weighted by Gasteiger charge is -2.10. The van der Waals surface area contributed by atoms with E-state index in [1.807, 2.05) is 30.3 Å². The summed E-state index contributed by atoms with van der Waals surface area (Å²) in [4.78, 5) is 11.9. The first-order chi connectivity index (χ1) is 13.1. The lowest BCUT2D eigenvalue weighted by atomic mass is 10.2. The fourth-order valence-corrected chi connectivity index (χ4v) is 2.38. The molecular weight excluding hydrogens is 350 g/mol. The average molecular weight is 368 g/mol. The van der Waals surface area contributed by atoms with Gasteiger partial charge in [0.2, 0.25) is 0 Å². The molecule has 0 aromatic heterocycles. The monoisotopic (exact) mass is 368 g/mol. The van der Waals surface area contributed by atoms with E-state index in [0.29, 0.717) is 23.6 Å². The number of ether oxygens (including phenoxy) is 1. The Balaban J connectivity index is 1.47. The maximum absolute atomic E-state index is 13.1. The predicted octanol–water partition coefficient (Wildman–Crippen LogP) is 4.87. The van der Waals surface area contributed by atoms with E-state index in [9.17, 15) is 13.6 Å². The van der Waals surface area contributed by atoms with Crippen LogP contribution in [-0.2, 0) is 13.2 Å². The third-order valence-corrected chi connectivity index (χ3v) is 3.80. The molecule has 0 bridgehead atoms.